The van der Waals surface area contributed by atoms with Gasteiger partial charge in [-0.05, 0) is 43.8 Å². The van der Waals surface area contributed by atoms with Crippen molar-refractivity contribution in [2.24, 2.45) is 23.5 Å². The van der Waals surface area contributed by atoms with Crippen LogP contribution in [0.3, 0.4) is 0 Å². The van der Waals surface area contributed by atoms with E-state index in [0.29, 0.717) is 11.1 Å². The zero-order chi connectivity index (χ0) is 31.6. The number of primary amides is 1. The van der Waals surface area contributed by atoms with E-state index in [9.17, 15) is 39.9 Å². The molecule has 2 fully saturated rings. The summed E-state index contributed by atoms with van der Waals surface area (Å²) < 4.78 is 0. The van der Waals surface area contributed by atoms with Gasteiger partial charge in [0.15, 0.2) is 11.4 Å². The summed E-state index contributed by atoms with van der Waals surface area (Å²) in [5.74, 6) is -7.28. The number of fused-ring (bicyclic) bond motifs is 3. The second kappa shape index (κ2) is 11.1. The molecule has 1 aromatic rings. The van der Waals surface area contributed by atoms with E-state index >= 15 is 0 Å². The van der Waals surface area contributed by atoms with Gasteiger partial charge in [-0.3, -0.25) is 19.3 Å². The van der Waals surface area contributed by atoms with E-state index in [2.05, 4.69) is 0 Å². The third-order valence-corrected chi connectivity index (χ3v) is 10.5. The molecule has 43 heavy (non-hydrogen) atoms. The fourth-order valence-corrected chi connectivity index (χ4v) is 8.22. The van der Waals surface area contributed by atoms with Gasteiger partial charge in [-0.15, -0.1) is 0 Å². The summed E-state index contributed by atoms with van der Waals surface area (Å²) in [5, 5.41) is 57.5. The lowest BCUT2D eigenvalue weighted by Crippen LogP contribution is -2.70. The second-order valence-electron chi connectivity index (χ2n) is 13.8. The van der Waals surface area contributed by atoms with Gasteiger partial charge in [-0.2, -0.15) is 0 Å². The van der Waals surface area contributed by atoms with E-state index in [-0.39, 0.29) is 23.3 Å². The number of rotatable bonds is 7. The van der Waals surface area contributed by atoms with E-state index in [1.165, 1.54) is 51.1 Å². The van der Waals surface area contributed by atoms with Crippen LogP contribution in [-0.2, 0) is 26.2 Å². The van der Waals surface area contributed by atoms with Crippen LogP contribution in [0.15, 0.2) is 29.0 Å². The lowest BCUT2D eigenvalue weighted by molar-refractivity contribution is -0.168. The van der Waals surface area contributed by atoms with Crippen molar-refractivity contribution in [3.05, 3.63) is 45.7 Å². The molecule has 0 unspecified atom stereocenters. The molecule has 0 heterocycles. The highest BCUT2D eigenvalue weighted by molar-refractivity contribution is 6.24. The number of aliphatic hydroxyl groups is 4. The number of carbonyl (C=O) groups excluding carboxylic acids is 3. The summed E-state index contributed by atoms with van der Waals surface area (Å²) in [6, 6.07) is 2.23. The van der Waals surface area contributed by atoms with E-state index in [4.69, 9.17) is 5.73 Å². The number of aliphatic hydroxyl groups excluding tert-OH is 3. The minimum Gasteiger partial charge on any atom is -0.508 e. The summed E-state index contributed by atoms with van der Waals surface area (Å²) in [5.41, 5.74) is 1.87. The summed E-state index contributed by atoms with van der Waals surface area (Å²) in [4.78, 5) is 40.9. The van der Waals surface area contributed by atoms with Crippen LogP contribution in [0, 0.1) is 17.8 Å². The van der Waals surface area contributed by atoms with Gasteiger partial charge >= 0.3 is 0 Å². The molecule has 0 bridgehead atoms. The molecule has 5 atom stereocenters. The number of phenolic OH excluding ortho intramolecular Hbond substituents is 1. The third kappa shape index (κ3) is 4.78. The van der Waals surface area contributed by atoms with Crippen molar-refractivity contribution in [1.29, 1.82) is 0 Å². The Kier molecular flexibility index (Phi) is 8.03. The minimum absolute atomic E-state index is 0.0334. The standard InChI is InChI=1S/C33H44N2O8/c1-32(2,14-8-11-16-9-6-5-7-10-16)19-13-12-17-15-18-21(27(38)20(17)26(19)37)29(40)33(43)23(25(18)36)24(35(3)4)28(39)22(30(33)41)31(34)42/h12-13,16,18,23-25,36-38,41,43H,5-11,14-15H2,1-4H3,(H2,34,42)/t18-,23-,24+,25+,33+/m0/s1. The first-order valence-electron chi connectivity index (χ1n) is 15.3. The molecule has 5 rings (SSSR count). The molecular formula is C33H44N2O8. The molecule has 1 aromatic carbocycles. The van der Waals surface area contributed by atoms with Gasteiger partial charge in [-0.1, -0.05) is 70.9 Å². The summed E-state index contributed by atoms with van der Waals surface area (Å²) >= 11 is 0. The number of Topliss-reactive ketones (excluding diaryl/α,β-unsaturated/α-hetero) is 2. The van der Waals surface area contributed by atoms with Crippen LogP contribution in [0.2, 0.25) is 0 Å². The highest BCUT2D eigenvalue weighted by atomic mass is 16.4. The Balaban J connectivity index is 1.56. The quantitative estimate of drug-likeness (QED) is 0.258. The van der Waals surface area contributed by atoms with E-state index < -0.39 is 69.6 Å². The molecular weight excluding hydrogens is 552 g/mol. The zero-order valence-electron chi connectivity index (χ0n) is 25.4. The van der Waals surface area contributed by atoms with Gasteiger partial charge in [0.05, 0.1) is 23.6 Å². The van der Waals surface area contributed by atoms with Gasteiger partial charge < -0.3 is 31.3 Å². The van der Waals surface area contributed by atoms with Gasteiger partial charge in [0.1, 0.15) is 22.8 Å². The molecule has 234 valence electrons. The number of carbonyl (C=O) groups is 3. The molecule has 0 radical (unpaired) electrons. The van der Waals surface area contributed by atoms with Crippen molar-refractivity contribution in [3.8, 4) is 5.75 Å². The molecule has 0 saturated heterocycles. The average Bonchev–Trinajstić information content (AvgIpc) is 2.93. The first-order valence-corrected chi connectivity index (χ1v) is 15.3. The molecule has 2 saturated carbocycles. The molecule has 4 aliphatic rings. The molecule has 0 aliphatic heterocycles. The van der Waals surface area contributed by atoms with Crippen molar-refractivity contribution in [2.45, 2.75) is 94.8 Å². The zero-order valence-corrected chi connectivity index (χ0v) is 25.4. The van der Waals surface area contributed by atoms with E-state index in [1.807, 2.05) is 19.9 Å². The Morgan fingerprint density at radius 2 is 1.74 bits per heavy atom. The normalized spacial score (nSPS) is 29.9. The highest BCUT2D eigenvalue weighted by Crippen LogP contribution is 2.53. The van der Waals surface area contributed by atoms with Crippen molar-refractivity contribution >= 4 is 23.2 Å². The Hall–Kier alpha value is -3.21. The number of phenols is 1. The maximum absolute atomic E-state index is 14.1. The summed E-state index contributed by atoms with van der Waals surface area (Å²) in [7, 11) is 2.97. The number of nitrogens with two attached hydrogens (primary N) is 1. The van der Waals surface area contributed by atoms with Gasteiger partial charge in [-0.25, -0.2) is 0 Å². The van der Waals surface area contributed by atoms with Crippen LogP contribution in [0.5, 0.6) is 5.75 Å². The number of aromatic hydroxyl groups is 1. The Morgan fingerprint density at radius 1 is 1.09 bits per heavy atom. The van der Waals surface area contributed by atoms with Crippen LogP contribution >= 0.6 is 0 Å². The number of likely N-dealkylation sites (N-methyl/N-ethyl adjacent to an activating group) is 1. The number of amides is 1. The van der Waals surface area contributed by atoms with Crippen molar-refractivity contribution in [2.75, 3.05) is 14.1 Å². The molecule has 10 nitrogen and oxygen atoms in total. The van der Waals surface area contributed by atoms with Crippen LogP contribution < -0.4 is 5.73 Å². The SMILES string of the molecule is CN(C)[C@H]1C(=O)C(C(N)=O)=C(O)[C@]2(O)C(=O)C3=C(O)c4c(ccc(C(C)(C)CCCC5CCCCC5)c4O)C[C@@H]3[C@@H](O)[C@H]12. The van der Waals surface area contributed by atoms with Crippen molar-refractivity contribution in [1.82, 2.24) is 4.90 Å². The average molecular weight is 597 g/mol. The summed E-state index contributed by atoms with van der Waals surface area (Å²) in [6.45, 7) is 4.06. The summed E-state index contributed by atoms with van der Waals surface area (Å²) in [6.07, 6.45) is 7.75. The molecule has 0 spiro atoms. The van der Waals surface area contributed by atoms with E-state index in [0.717, 1.165) is 25.2 Å². The third-order valence-electron chi connectivity index (χ3n) is 10.5. The predicted molar refractivity (Wildman–Crippen MR) is 159 cm³/mol. The highest BCUT2D eigenvalue weighted by Gasteiger charge is 2.67. The molecule has 7 N–H and O–H groups in total. The first-order chi connectivity index (χ1) is 20.1. The van der Waals surface area contributed by atoms with Crippen LogP contribution in [0.1, 0.15) is 81.9 Å². The molecule has 10 heteroatoms. The molecule has 4 aliphatic carbocycles. The second-order valence-corrected chi connectivity index (χ2v) is 13.8. The molecule has 0 aromatic heterocycles. The predicted octanol–water partition coefficient (Wildman–Crippen LogP) is 2.96. The monoisotopic (exact) mass is 596 g/mol. The maximum Gasteiger partial charge on any atom is 0.255 e. The number of benzene rings is 1. The Bertz CT molecular complexity index is 1420. The number of ketones is 2. The van der Waals surface area contributed by atoms with Crippen molar-refractivity contribution in [3.63, 3.8) is 0 Å². The van der Waals surface area contributed by atoms with Crippen LogP contribution in [-0.4, -0.2) is 79.7 Å². The lowest BCUT2D eigenvalue weighted by Gasteiger charge is -2.52. The molecule has 1 amide bonds. The fraction of sp³-hybridized carbons (Fsp3) is 0.606. The van der Waals surface area contributed by atoms with Crippen LogP contribution in [0.25, 0.3) is 5.76 Å². The number of hydrogen-bond donors (Lipinski definition) is 6. The lowest BCUT2D eigenvalue weighted by atomic mass is 9.56. The van der Waals surface area contributed by atoms with Gasteiger partial charge in [0, 0.05) is 17.1 Å². The minimum atomic E-state index is -2.91. The topological polar surface area (TPSA) is 182 Å². The number of hydrogen-bond acceptors (Lipinski definition) is 9. The largest absolute Gasteiger partial charge is 0.508 e. The smallest absolute Gasteiger partial charge is 0.255 e. The van der Waals surface area contributed by atoms with E-state index in [1.54, 1.807) is 6.07 Å². The van der Waals surface area contributed by atoms with Crippen LogP contribution in [0.4, 0.5) is 0 Å². The fourth-order valence-electron chi connectivity index (χ4n) is 8.22. The van der Waals surface area contributed by atoms with Crippen molar-refractivity contribution < 1.29 is 39.9 Å². The number of nitrogens with zero attached hydrogens (tertiary/aromatic N) is 1. The Morgan fingerprint density at radius 3 is 2.35 bits per heavy atom. The maximum atomic E-state index is 14.1. The first kappa shape index (κ1) is 31.2. The van der Waals surface area contributed by atoms with Gasteiger partial charge in [0.2, 0.25) is 5.78 Å². The van der Waals surface area contributed by atoms with Gasteiger partial charge in [0.25, 0.3) is 5.91 Å². The Labute approximate surface area is 251 Å².